The van der Waals surface area contributed by atoms with Gasteiger partial charge in [0.05, 0.1) is 0 Å². The van der Waals surface area contributed by atoms with Crippen LogP contribution in [0.5, 0.6) is 0 Å². The van der Waals surface area contributed by atoms with Crippen molar-refractivity contribution in [1.29, 1.82) is 0 Å². The standard InChI is InChI=1S/C13H28N2O/c1-2-12(10-14)6-8-15-7-3-9-16-11-13-4-5-13/h12-13,15H,2-11,14H2,1H3. The summed E-state index contributed by atoms with van der Waals surface area (Å²) in [6.07, 6.45) is 6.30. The summed E-state index contributed by atoms with van der Waals surface area (Å²) in [7, 11) is 0. The average Bonchev–Trinajstić information content (AvgIpc) is 3.11. The molecule has 16 heavy (non-hydrogen) atoms. The van der Waals surface area contributed by atoms with Crippen molar-refractivity contribution in [3.63, 3.8) is 0 Å². The van der Waals surface area contributed by atoms with Crippen molar-refractivity contribution in [2.45, 2.75) is 39.0 Å². The van der Waals surface area contributed by atoms with Crippen LogP contribution in [0, 0.1) is 11.8 Å². The second-order valence-corrected chi connectivity index (χ2v) is 4.92. The first-order valence-electron chi connectivity index (χ1n) is 6.85. The lowest BCUT2D eigenvalue weighted by atomic mass is 10.0. The van der Waals surface area contributed by atoms with E-state index in [-0.39, 0.29) is 0 Å². The molecule has 0 aromatic heterocycles. The van der Waals surface area contributed by atoms with Gasteiger partial charge in [-0.25, -0.2) is 0 Å². The number of ether oxygens (including phenoxy) is 1. The molecule has 1 aliphatic rings. The van der Waals surface area contributed by atoms with Crippen LogP contribution in [0.15, 0.2) is 0 Å². The molecule has 0 aliphatic heterocycles. The van der Waals surface area contributed by atoms with Gasteiger partial charge in [-0.1, -0.05) is 13.3 Å². The number of hydrogen-bond acceptors (Lipinski definition) is 3. The number of rotatable bonds is 11. The predicted molar refractivity (Wildman–Crippen MR) is 68.5 cm³/mol. The van der Waals surface area contributed by atoms with Crippen LogP contribution in [0.2, 0.25) is 0 Å². The summed E-state index contributed by atoms with van der Waals surface area (Å²) in [6, 6.07) is 0. The summed E-state index contributed by atoms with van der Waals surface area (Å²) in [5, 5.41) is 3.45. The topological polar surface area (TPSA) is 47.3 Å². The minimum atomic E-state index is 0.693. The Morgan fingerprint density at radius 2 is 2.19 bits per heavy atom. The molecule has 1 unspecified atom stereocenters. The first-order chi connectivity index (χ1) is 7.86. The van der Waals surface area contributed by atoms with E-state index < -0.39 is 0 Å². The smallest absolute Gasteiger partial charge is 0.0494 e. The van der Waals surface area contributed by atoms with Crippen LogP contribution >= 0.6 is 0 Å². The highest BCUT2D eigenvalue weighted by Gasteiger charge is 2.20. The van der Waals surface area contributed by atoms with Gasteiger partial charge in [0.15, 0.2) is 0 Å². The van der Waals surface area contributed by atoms with Gasteiger partial charge >= 0.3 is 0 Å². The molecule has 1 aliphatic carbocycles. The molecule has 96 valence electrons. The summed E-state index contributed by atoms with van der Waals surface area (Å²) in [5.74, 6) is 1.58. The van der Waals surface area contributed by atoms with Crippen LogP contribution in [0.4, 0.5) is 0 Å². The zero-order chi connectivity index (χ0) is 11.6. The molecule has 1 rings (SSSR count). The van der Waals surface area contributed by atoms with Gasteiger partial charge in [0.25, 0.3) is 0 Å². The minimum Gasteiger partial charge on any atom is -0.381 e. The van der Waals surface area contributed by atoms with Crippen molar-refractivity contribution < 1.29 is 4.74 Å². The molecule has 0 aromatic carbocycles. The summed E-state index contributed by atoms with van der Waals surface area (Å²) in [6.45, 7) is 7.11. The molecule has 3 nitrogen and oxygen atoms in total. The monoisotopic (exact) mass is 228 g/mol. The second-order valence-electron chi connectivity index (χ2n) is 4.92. The van der Waals surface area contributed by atoms with Gasteiger partial charge in [0, 0.05) is 13.2 Å². The van der Waals surface area contributed by atoms with Crippen LogP contribution in [-0.2, 0) is 4.74 Å². The molecular formula is C13H28N2O. The molecule has 3 heteroatoms. The van der Waals surface area contributed by atoms with E-state index in [0.29, 0.717) is 5.92 Å². The number of nitrogens with one attached hydrogen (secondary N) is 1. The lowest BCUT2D eigenvalue weighted by Gasteiger charge is -2.12. The molecule has 0 radical (unpaired) electrons. The largest absolute Gasteiger partial charge is 0.381 e. The van der Waals surface area contributed by atoms with E-state index in [4.69, 9.17) is 10.5 Å². The zero-order valence-electron chi connectivity index (χ0n) is 10.7. The number of hydrogen-bond donors (Lipinski definition) is 2. The summed E-state index contributed by atoms with van der Waals surface area (Å²) >= 11 is 0. The van der Waals surface area contributed by atoms with Crippen LogP contribution in [0.3, 0.4) is 0 Å². The Morgan fingerprint density at radius 1 is 1.38 bits per heavy atom. The van der Waals surface area contributed by atoms with Crippen LogP contribution in [0.1, 0.15) is 39.0 Å². The van der Waals surface area contributed by atoms with E-state index in [0.717, 1.165) is 45.2 Å². The average molecular weight is 228 g/mol. The highest BCUT2D eigenvalue weighted by Crippen LogP contribution is 2.28. The Morgan fingerprint density at radius 3 is 2.81 bits per heavy atom. The minimum absolute atomic E-state index is 0.693. The van der Waals surface area contributed by atoms with Gasteiger partial charge in [-0.05, 0) is 57.2 Å². The van der Waals surface area contributed by atoms with Crippen molar-refractivity contribution in [1.82, 2.24) is 5.32 Å². The number of nitrogens with two attached hydrogens (primary N) is 1. The molecular weight excluding hydrogens is 200 g/mol. The second kappa shape index (κ2) is 8.97. The van der Waals surface area contributed by atoms with Crippen LogP contribution in [-0.4, -0.2) is 32.8 Å². The third-order valence-corrected chi connectivity index (χ3v) is 3.33. The summed E-state index contributed by atoms with van der Waals surface area (Å²) < 4.78 is 5.57. The summed E-state index contributed by atoms with van der Waals surface area (Å²) in [5.41, 5.74) is 5.65. The van der Waals surface area contributed by atoms with E-state index in [2.05, 4.69) is 12.2 Å². The van der Waals surface area contributed by atoms with Gasteiger partial charge in [-0.15, -0.1) is 0 Å². The Labute approximate surface area is 100 Å². The quantitative estimate of drug-likeness (QED) is 0.530. The van der Waals surface area contributed by atoms with E-state index in [1.165, 1.54) is 25.7 Å². The lowest BCUT2D eigenvalue weighted by Crippen LogP contribution is -2.23. The zero-order valence-corrected chi connectivity index (χ0v) is 10.7. The van der Waals surface area contributed by atoms with E-state index in [9.17, 15) is 0 Å². The van der Waals surface area contributed by atoms with Gasteiger partial charge in [-0.2, -0.15) is 0 Å². The Kier molecular flexibility index (Phi) is 7.81. The van der Waals surface area contributed by atoms with Crippen molar-refractivity contribution in [3.8, 4) is 0 Å². The molecule has 1 fully saturated rings. The highest BCUT2D eigenvalue weighted by atomic mass is 16.5. The van der Waals surface area contributed by atoms with Crippen molar-refractivity contribution in [3.05, 3.63) is 0 Å². The van der Waals surface area contributed by atoms with Gasteiger partial charge in [0.2, 0.25) is 0 Å². The fourth-order valence-electron chi connectivity index (χ4n) is 1.75. The first kappa shape index (κ1) is 13.9. The normalized spacial score (nSPS) is 17.6. The molecule has 0 saturated heterocycles. The first-order valence-corrected chi connectivity index (χ1v) is 6.85. The maximum absolute atomic E-state index is 5.65. The van der Waals surface area contributed by atoms with Crippen LogP contribution in [0.25, 0.3) is 0 Å². The van der Waals surface area contributed by atoms with Gasteiger partial charge in [0.1, 0.15) is 0 Å². The molecule has 1 atom stereocenters. The van der Waals surface area contributed by atoms with E-state index >= 15 is 0 Å². The maximum atomic E-state index is 5.65. The van der Waals surface area contributed by atoms with Crippen LogP contribution < -0.4 is 11.1 Å². The van der Waals surface area contributed by atoms with E-state index in [1.807, 2.05) is 0 Å². The maximum Gasteiger partial charge on any atom is 0.0494 e. The van der Waals surface area contributed by atoms with Gasteiger partial charge in [-0.3, -0.25) is 0 Å². The predicted octanol–water partition coefficient (Wildman–Crippen LogP) is 1.77. The molecule has 3 N–H and O–H groups in total. The fourth-order valence-corrected chi connectivity index (χ4v) is 1.75. The fraction of sp³-hybridized carbons (Fsp3) is 1.00. The Hall–Kier alpha value is -0.120. The molecule has 0 heterocycles. The third kappa shape index (κ3) is 7.20. The SMILES string of the molecule is CCC(CN)CCNCCCOCC1CC1. The summed E-state index contributed by atoms with van der Waals surface area (Å²) in [4.78, 5) is 0. The van der Waals surface area contributed by atoms with Gasteiger partial charge < -0.3 is 15.8 Å². The van der Waals surface area contributed by atoms with Crippen molar-refractivity contribution in [2.75, 3.05) is 32.8 Å². The van der Waals surface area contributed by atoms with Crippen molar-refractivity contribution in [2.24, 2.45) is 17.6 Å². The molecule has 0 aromatic rings. The highest BCUT2D eigenvalue weighted by molar-refractivity contribution is 4.71. The molecule has 1 saturated carbocycles. The molecule has 0 bridgehead atoms. The molecule has 0 spiro atoms. The van der Waals surface area contributed by atoms with Crippen molar-refractivity contribution >= 4 is 0 Å². The third-order valence-electron chi connectivity index (χ3n) is 3.33. The Balaban J connectivity index is 1.73. The van der Waals surface area contributed by atoms with E-state index in [1.54, 1.807) is 0 Å². The lowest BCUT2D eigenvalue weighted by molar-refractivity contribution is 0.122. The molecule has 0 amide bonds. The Bertz CT molecular complexity index is 156.